The van der Waals surface area contributed by atoms with Gasteiger partial charge in [0.1, 0.15) is 0 Å². The molecular weight excluding hydrogens is 220 g/mol. The van der Waals surface area contributed by atoms with Crippen LogP contribution in [-0.4, -0.2) is 61.4 Å². The van der Waals surface area contributed by atoms with Gasteiger partial charge in [0, 0.05) is 33.6 Å². The van der Waals surface area contributed by atoms with Crippen molar-refractivity contribution in [2.45, 2.75) is 38.9 Å². The Kier molecular flexibility index (Phi) is 7.34. The summed E-state index contributed by atoms with van der Waals surface area (Å²) in [5.74, 6) is 0.0814. The largest absolute Gasteiger partial charge is 0.389 e. The number of rotatable bonds is 7. The number of hydrogen-bond acceptors (Lipinski definition) is 4. The molecule has 5 heteroatoms. The predicted molar refractivity (Wildman–Crippen MR) is 67.9 cm³/mol. The van der Waals surface area contributed by atoms with Gasteiger partial charge in [-0.25, -0.2) is 0 Å². The summed E-state index contributed by atoms with van der Waals surface area (Å²) in [5.41, 5.74) is -0.234. The number of aliphatic hydroxyl groups excluding tert-OH is 1. The molecule has 0 saturated heterocycles. The van der Waals surface area contributed by atoms with Crippen molar-refractivity contribution in [1.29, 1.82) is 0 Å². The molecule has 0 aliphatic carbocycles. The lowest BCUT2D eigenvalue weighted by Gasteiger charge is -2.22. The number of carbonyl (C=O) groups excluding carboxylic acids is 1. The summed E-state index contributed by atoms with van der Waals surface area (Å²) in [6.07, 6.45) is -0.0940. The van der Waals surface area contributed by atoms with Crippen molar-refractivity contribution in [1.82, 2.24) is 10.2 Å². The molecular formula is C12H26N2O3. The van der Waals surface area contributed by atoms with E-state index in [-0.39, 0.29) is 11.5 Å². The zero-order valence-corrected chi connectivity index (χ0v) is 11.6. The highest BCUT2D eigenvalue weighted by Gasteiger charge is 2.13. The van der Waals surface area contributed by atoms with Crippen LogP contribution in [-0.2, 0) is 9.53 Å². The average Bonchev–Trinajstić information content (AvgIpc) is 2.20. The SMILES string of the molecule is CN(C)C(=O)CCNCC(O)COC(C)(C)C. The van der Waals surface area contributed by atoms with Gasteiger partial charge in [-0.2, -0.15) is 0 Å². The van der Waals surface area contributed by atoms with Crippen molar-refractivity contribution in [3.8, 4) is 0 Å². The molecule has 0 saturated carbocycles. The van der Waals surface area contributed by atoms with Crippen LogP contribution in [0.3, 0.4) is 0 Å². The Morgan fingerprint density at radius 2 is 2.00 bits per heavy atom. The summed E-state index contributed by atoms with van der Waals surface area (Å²) in [5, 5.41) is 12.6. The van der Waals surface area contributed by atoms with E-state index in [0.29, 0.717) is 26.1 Å². The molecule has 1 amide bonds. The summed E-state index contributed by atoms with van der Waals surface area (Å²) < 4.78 is 5.44. The van der Waals surface area contributed by atoms with Gasteiger partial charge in [-0.15, -0.1) is 0 Å². The highest BCUT2D eigenvalue weighted by atomic mass is 16.5. The van der Waals surface area contributed by atoms with E-state index >= 15 is 0 Å². The Morgan fingerprint density at radius 1 is 1.41 bits per heavy atom. The molecule has 0 bridgehead atoms. The van der Waals surface area contributed by atoms with Crippen LogP contribution < -0.4 is 5.32 Å². The van der Waals surface area contributed by atoms with Crippen molar-refractivity contribution in [2.75, 3.05) is 33.8 Å². The van der Waals surface area contributed by atoms with Crippen LogP contribution >= 0.6 is 0 Å². The van der Waals surface area contributed by atoms with Crippen LogP contribution in [0.25, 0.3) is 0 Å². The normalized spacial score (nSPS) is 13.5. The number of nitrogens with one attached hydrogen (secondary N) is 1. The van der Waals surface area contributed by atoms with E-state index in [1.165, 1.54) is 0 Å². The lowest BCUT2D eigenvalue weighted by molar-refractivity contribution is -0.128. The van der Waals surface area contributed by atoms with Crippen molar-refractivity contribution in [2.24, 2.45) is 0 Å². The molecule has 5 nitrogen and oxygen atoms in total. The van der Waals surface area contributed by atoms with E-state index in [0.717, 1.165) is 0 Å². The number of amides is 1. The summed E-state index contributed by atoms with van der Waals surface area (Å²) in [6.45, 7) is 7.16. The van der Waals surface area contributed by atoms with Crippen LogP contribution in [0, 0.1) is 0 Å². The summed E-state index contributed by atoms with van der Waals surface area (Å²) in [7, 11) is 3.46. The number of aliphatic hydroxyl groups is 1. The average molecular weight is 246 g/mol. The maximum atomic E-state index is 11.2. The molecule has 0 aliphatic rings. The second-order valence-electron chi connectivity index (χ2n) is 5.32. The van der Waals surface area contributed by atoms with Crippen LogP contribution in [0.1, 0.15) is 27.2 Å². The molecule has 102 valence electrons. The van der Waals surface area contributed by atoms with Gasteiger partial charge in [0.05, 0.1) is 18.3 Å². The van der Waals surface area contributed by atoms with Crippen molar-refractivity contribution in [3.63, 3.8) is 0 Å². The van der Waals surface area contributed by atoms with Gasteiger partial charge in [-0.1, -0.05) is 0 Å². The van der Waals surface area contributed by atoms with E-state index in [9.17, 15) is 9.90 Å². The van der Waals surface area contributed by atoms with E-state index in [2.05, 4.69) is 5.32 Å². The molecule has 0 aromatic heterocycles. The van der Waals surface area contributed by atoms with Gasteiger partial charge in [0.2, 0.25) is 5.91 Å². The first-order valence-corrected chi connectivity index (χ1v) is 5.95. The van der Waals surface area contributed by atoms with Crippen LogP contribution in [0.2, 0.25) is 0 Å². The van der Waals surface area contributed by atoms with E-state index in [1.807, 2.05) is 20.8 Å². The zero-order valence-electron chi connectivity index (χ0n) is 11.6. The number of carbonyl (C=O) groups is 1. The Balaban J connectivity index is 3.52. The first-order chi connectivity index (χ1) is 7.72. The maximum absolute atomic E-state index is 11.2. The summed E-state index contributed by atoms with van der Waals surface area (Å²) in [6, 6.07) is 0. The molecule has 0 aromatic rings. The molecule has 17 heavy (non-hydrogen) atoms. The first kappa shape index (κ1) is 16.4. The molecule has 1 unspecified atom stereocenters. The third-order valence-corrected chi connectivity index (χ3v) is 2.10. The van der Waals surface area contributed by atoms with Crippen LogP contribution in [0.4, 0.5) is 0 Å². The third-order valence-electron chi connectivity index (χ3n) is 2.10. The van der Waals surface area contributed by atoms with Crippen molar-refractivity contribution >= 4 is 5.91 Å². The molecule has 0 spiro atoms. The van der Waals surface area contributed by atoms with Crippen LogP contribution in [0.15, 0.2) is 0 Å². The zero-order chi connectivity index (χ0) is 13.5. The molecule has 2 N–H and O–H groups in total. The van der Waals surface area contributed by atoms with Gasteiger partial charge in [0.15, 0.2) is 0 Å². The number of nitrogens with zero attached hydrogens (tertiary/aromatic N) is 1. The van der Waals surface area contributed by atoms with Crippen molar-refractivity contribution < 1.29 is 14.6 Å². The molecule has 0 fully saturated rings. The second kappa shape index (κ2) is 7.63. The molecule has 0 rings (SSSR count). The van der Waals surface area contributed by atoms with E-state index in [4.69, 9.17) is 4.74 Å². The van der Waals surface area contributed by atoms with Crippen LogP contribution in [0.5, 0.6) is 0 Å². The molecule has 0 aromatic carbocycles. The quantitative estimate of drug-likeness (QED) is 0.631. The van der Waals surface area contributed by atoms with Gasteiger partial charge in [-0.3, -0.25) is 4.79 Å². The summed E-state index contributed by atoms with van der Waals surface area (Å²) >= 11 is 0. The smallest absolute Gasteiger partial charge is 0.223 e. The van der Waals surface area contributed by atoms with Gasteiger partial charge >= 0.3 is 0 Å². The van der Waals surface area contributed by atoms with Gasteiger partial charge in [-0.05, 0) is 20.8 Å². The van der Waals surface area contributed by atoms with E-state index in [1.54, 1.807) is 19.0 Å². The first-order valence-electron chi connectivity index (χ1n) is 5.95. The molecule has 0 radical (unpaired) electrons. The van der Waals surface area contributed by atoms with Crippen molar-refractivity contribution in [3.05, 3.63) is 0 Å². The second-order valence-corrected chi connectivity index (χ2v) is 5.32. The number of hydrogen-bond donors (Lipinski definition) is 2. The Hall–Kier alpha value is -0.650. The van der Waals surface area contributed by atoms with E-state index < -0.39 is 6.10 Å². The fourth-order valence-corrected chi connectivity index (χ4v) is 1.09. The fourth-order valence-electron chi connectivity index (χ4n) is 1.09. The van der Waals surface area contributed by atoms with Gasteiger partial charge in [0.25, 0.3) is 0 Å². The topological polar surface area (TPSA) is 61.8 Å². The molecule has 0 heterocycles. The Morgan fingerprint density at radius 3 is 2.47 bits per heavy atom. The highest BCUT2D eigenvalue weighted by Crippen LogP contribution is 2.06. The Labute approximate surface area is 104 Å². The minimum atomic E-state index is -0.538. The summed E-state index contributed by atoms with van der Waals surface area (Å²) in [4.78, 5) is 12.8. The molecule has 0 aliphatic heterocycles. The monoisotopic (exact) mass is 246 g/mol. The highest BCUT2D eigenvalue weighted by molar-refractivity contribution is 5.75. The lowest BCUT2D eigenvalue weighted by atomic mass is 10.2. The molecule has 1 atom stereocenters. The lowest BCUT2D eigenvalue weighted by Crippen LogP contribution is -2.35. The van der Waals surface area contributed by atoms with Gasteiger partial charge < -0.3 is 20.1 Å². The minimum Gasteiger partial charge on any atom is -0.389 e. The predicted octanol–water partition coefficient (Wildman–Crippen LogP) is 0.230. The Bertz CT molecular complexity index is 224. The minimum absolute atomic E-state index is 0.0814. The standard InChI is InChI=1S/C12H26N2O3/c1-12(2,3)17-9-10(15)8-13-7-6-11(16)14(4)5/h10,13,15H,6-9H2,1-5H3. The fraction of sp³-hybridized carbons (Fsp3) is 0.917. The number of ether oxygens (including phenoxy) is 1. The third kappa shape index (κ3) is 10.2. The maximum Gasteiger partial charge on any atom is 0.223 e.